The standard InChI is InChI=1S/C8H15F3N2/c1-7-6-13(5-3-12-7)4-2-8(9,10)11/h7,12H,2-6H2,1H3. The van der Waals surface area contributed by atoms with Crippen LogP contribution in [0.2, 0.25) is 0 Å². The van der Waals surface area contributed by atoms with Crippen molar-refractivity contribution in [1.82, 2.24) is 10.2 Å². The molecule has 1 rings (SSSR count). The Balaban J connectivity index is 2.21. The van der Waals surface area contributed by atoms with Gasteiger partial charge in [-0.3, -0.25) is 0 Å². The summed E-state index contributed by atoms with van der Waals surface area (Å²) in [6.07, 6.45) is -4.71. The molecule has 1 unspecified atom stereocenters. The molecule has 0 aromatic heterocycles. The first-order chi connectivity index (χ1) is 5.97. The Kier molecular flexibility index (Phi) is 3.55. The molecule has 0 aromatic rings. The number of halogens is 3. The molecular formula is C8H15F3N2. The van der Waals surface area contributed by atoms with E-state index in [2.05, 4.69) is 5.32 Å². The highest BCUT2D eigenvalue weighted by Crippen LogP contribution is 2.19. The molecule has 78 valence electrons. The molecule has 2 nitrogen and oxygen atoms in total. The molecule has 13 heavy (non-hydrogen) atoms. The Morgan fingerprint density at radius 1 is 1.46 bits per heavy atom. The summed E-state index contributed by atoms with van der Waals surface area (Å²) in [7, 11) is 0. The van der Waals surface area contributed by atoms with Crippen LogP contribution < -0.4 is 5.32 Å². The molecule has 1 aliphatic heterocycles. The molecule has 0 bridgehead atoms. The van der Waals surface area contributed by atoms with E-state index in [-0.39, 0.29) is 6.54 Å². The number of alkyl halides is 3. The van der Waals surface area contributed by atoms with E-state index < -0.39 is 12.6 Å². The lowest BCUT2D eigenvalue weighted by molar-refractivity contribution is -0.138. The van der Waals surface area contributed by atoms with Gasteiger partial charge in [0, 0.05) is 32.2 Å². The lowest BCUT2D eigenvalue weighted by Crippen LogP contribution is -2.49. The second kappa shape index (κ2) is 4.28. The maximum Gasteiger partial charge on any atom is 0.390 e. The first kappa shape index (κ1) is 10.8. The third kappa shape index (κ3) is 4.47. The number of nitrogens with zero attached hydrogens (tertiary/aromatic N) is 1. The van der Waals surface area contributed by atoms with Gasteiger partial charge in [0.05, 0.1) is 6.42 Å². The van der Waals surface area contributed by atoms with Gasteiger partial charge in [0.2, 0.25) is 0 Å². The van der Waals surface area contributed by atoms with Crippen molar-refractivity contribution in [2.45, 2.75) is 25.6 Å². The van der Waals surface area contributed by atoms with Crippen molar-refractivity contribution in [3.8, 4) is 0 Å². The molecule has 1 atom stereocenters. The topological polar surface area (TPSA) is 15.3 Å². The molecule has 1 aliphatic rings. The number of piperazine rings is 1. The summed E-state index contributed by atoms with van der Waals surface area (Å²) in [6, 6.07) is 0.307. The maximum atomic E-state index is 11.9. The first-order valence-corrected chi connectivity index (χ1v) is 4.50. The van der Waals surface area contributed by atoms with Crippen molar-refractivity contribution in [2.75, 3.05) is 26.2 Å². The molecular weight excluding hydrogens is 181 g/mol. The van der Waals surface area contributed by atoms with Crippen LogP contribution in [0.1, 0.15) is 13.3 Å². The monoisotopic (exact) mass is 196 g/mol. The summed E-state index contributed by atoms with van der Waals surface area (Å²) in [5.74, 6) is 0. The predicted octanol–water partition coefficient (Wildman–Crippen LogP) is 1.23. The van der Waals surface area contributed by atoms with Crippen LogP contribution in [0, 0.1) is 0 Å². The van der Waals surface area contributed by atoms with E-state index in [1.165, 1.54) is 0 Å². The van der Waals surface area contributed by atoms with Gasteiger partial charge in [0.25, 0.3) is 0 Å². The Labute approximate surface area is 76.1 Å². The summed E-state index contributed by atoms with van der Waals surface area (Å²) in [6.45, 7) is 4.35. The van der Waals surface area contributed by atoms with E-state index in [0.29, 0.717) is 6.04 Å². The van der Waals surface area contributed by atoms with Crippen LogP contribution >= 0.6 is 0 Å². The summed E-state index contributed by atoms with van der Waals surface area (Å²) in [5, 5.41) is 3.19. The van der Waals surface area contributed by atoms with Crippen LogP contribution in [0.4, 0.5) is 13.2 Å². The highest BCUT2D eigenvalue weighted by Gasteiger charge is 2.28. The minimum Gasteiger partial charge on any atom is -0.312 e. The first-order valence-electron chi connectivity index (χ1n) is 4.50. The van der Waals surface area contributed by atoms with Crippen molar-refractivity contribution >= 4 is 0 Å². The third-order valence-corrected chi connectivity index (χ3v) is 2.16. The Morgan fingerprint density at radius 3 is 2.69 bits per heavy atom. The van der Waals surface area contributed by atoms with Crippen molar-refractivity contribution in [2.24, 2.45) is 0 Å². The van der Waals surface area contributed by atoms with Gasteiger partial charge in [-0.15, -0.1) is 0 Å². The molecule has 1 saturated heterocycles. The number of hydrogen-bond donors (Lipinski definition) is 1. The zero-order valence-corrected chi connectivity index (χ0v) is 7.69. The van der Waals surface area contributed by atoms with E-state index in [1.807, 2.05) is 11.8 Å². The smallest absolute Gasteiger partial charge is 0.312 e. The zero-order valence-electron chi connectivity index (χ0n) is 7.69. The van der Waals surface area contributed by atoms with Crippen LogP contribution in [0.15, 0.2) is 0 Å². The van der Waals surface area contributed by atoms with E-state index in [4.69, 9.17) is 0 Å². The van der Waals surface area contributed by atoms with Crippen molar-refractivity contribution < 1.29 is 13.2 Å². The number of nitrogens with one attached hydrogen (secondary N) is 1. The highest BCUT2D eigenvalue weighted by atomic mass is 19.4. The maximum absolute atomic E-state index is 11.9. The van der Waals surface area contributed by atoms with Crippen LogP contribution in [-0.2, 0) is 0 Å². The van der Waals surface area contributed by atoms with E-state index in [0.717, 1.165) is 19.6 Å². The molecule has 5 heteroatoms. The van der Waals surface area contributed by atoms with E-state index in [9.17, 15) is 13.2 Å². The second-order valence-corrected chi connectivity index (χ2v) is 3.52. The van der Waals surface area contributed by atoms with Gasteiger partial charge < -0.3 is 10.2 Å². The van der Waals surface area contributed by atoms with Gasteiger partial charge >= 0.3 is 6.18 Å². The molecule has 0 saturated carbocycles. The van der Waals surface area contributed by atoms with Crippen LogP contribution in [0.3, 0.4) is 0 Å². The SMILES string of the molecule is CC1CN(CCC(F)(F)F)CCN1. The minimum atomic E-state index is -4.02. The Bertz CT molecular complexity index is 158. The summed E-state index contributed by atoms with van der Waals surface area (Å²) in [5.41, 5.74) is 0. The minimum absolute atomic E-state index is 0.134. The molecule has 1 fully saturated rings. The van der Waals surface area contributed by atoms with Gasteiger partial charge in [0.15, 0.2) is 0 Å². The number of hydrogen-bond acceptors (Lipinski definition) is 2. The van der Waals surface area contributed by atoms with Gasteiger partial charge in [0.1, 0.15) is 0 Å². The molecule has 1 heterocycles. The Hall–Kier alpha value is -0.290. The fourth-order valence-corrected chi connectivity index (χ4v) is 1.50. The van der Waals surface area contributed by atoms with E-state index in [1.54, 1.807) is 0 Å². The molecule has 0 radical (unpaired) electrons. The summed E-state index contributed by atoms with van der Waals surface area (Å²) in [4.78, 5) is 1.86. The second-order valence-electron chi connectivity index (χ2n) is 3.52. The van der Waals surface area contributed by atoms with E-state index >= 15 is 0 Å². The average Bonchev–Trinajstić information content (AvgIpc) is 2.00. The van der Waals surface area contributed by atoms with Crippen LogP contribution in [0.5, 0.6) is 0 Å². The van der Waals surface area contributed by atoms with Gasteiger partial charge in [-0.2, -0.15) is 13.2 Å². The van der Waals surface area contributed by atoms with Crippen molar-refractivity contribution in [3.63, 3.8) is 0 Å². The van der Waals surface area contributed by atoms with Crippen molar-refractivity contribution in [1.29, 1.82) is 0 Å². The molecule has 0 amide bonds. The average molecular weight is 196 g/mol. The van der Waals surface area contributed by atoms with Gasteiger partial charge in [-0.1, -0.05) is 0 Å². The van der Waals surface area contributed by atoms with Crippen LogP contribution in [-0.4, -0.2) is 43.3 Å². The quantitative estimate of drug-likeness (QED) is 0.714. The highest BCUT2D eigenvalue weighted by molar-refractivity contribution is 4.75. The molecule has 0 aliphatic carbocycles. The van der Waals surface area contributed by atoms with Gasteiger partial charge in [-0.25, -0.2) is 0 Å². The van der Waals surface area contributed by atoms with Crippen molar-refractivity contribution in [3.05, 3.63) is 0 Å². The predicted molar refractivity (Wildman–Crippen MR) is 44.6 cm³/mol. The number of rotatable bonds is 2. The van der Waals surface area contributed by atoms with Crippen LogP contribution in [0.25, 0.3) is 0 Å². The largest absolute Gasteiger partial charge is 0.390 e. The van der Waals surface area contributed by atoms with Gasteiger partial charge in [-0.05, 0) is 6.92 Å². The molecule has 0 spiro atoms. The molecule has 1 N–H and O–H groups in total. The lowest BCUT2D eigenvalue weighted by atomic mass is 10.2. The third-order valence-electron chi connectivity index (χ3n) is 2.16. The fraction of sp³-hybridized carbons (Fsp3) is 1.00. The normalized spacial score (nSPS) is 26.3. The Morgan fingerprint density at radius 2 is 2.15 bits per heavy atom. The summed E-state index contributed by atoms with van der Waals surface area (Å²) < 4.78 is 35.6. The summed E-state index contributed by atoms with van der Waals surface area (Å²) >= 11 is 0. The zero-order chi connectivity index (χ0) is 9.90. The fourth-order valence-electron chi connectivity index (χ4n) is 1.50. The lowest BCUT2D eigenvalue weighted by Gasteiger charge is -2.31. The molecule has 0 aromatic carbocycles.